The summed E-state index contributed by atoms with van der Waals surface area (Å²) in [6.07, 6.45) is -0.377. The Hall–Kier alpha value is -2.52. The molecule has 0 bridgehead atoms. The Morgan fingerprint density at radius 2 is 2.07 bits per heavy atom. The van der Waals surface area contributed by atoms with Crippen molar-refractivity contribution in [2.75, 3.05) is 44.6 Å². The van der Waals surface area contributed by atoms with E-state index >= 15 is 0 Å². The highest BCUT2D eigenvalue weighted by atomic mass is 19.4. The molecule has 1 fully saturated rings. The Kier molecular flexibility index (Phi) is 9.01. The maximum absolute atomic E-state index is 12.5. The number of carbonyl (C=O) groups is 1. The number of alkyl halides is 3. The third kappa shape index (κ3) is 8.16. The van der Waals surface area contributed by atoms with Crippen molar-refractivity contribution in [1.82, 2.24) is 20.5 Å². The number of guanidine groups is 1. The Morgan fingerprint density at radius 1 is 1.24 bits per heavy atom. The van der Waals surface area contributed by atoms with Crippen LogP contribution >= 0.6 is 0 Å². The predicted molar refractivity (Wildman–Crippen MR) is 107 cm³/mol. The van der Waals surface area contributed by atoms with Gasteiger partial charge in [0.25, 0.3) is 0 Å². The van der Waals surface area contributed by atoms with E-state index in [-0.39, 0.29) is 5.91 Å². The van der Waals surface area contributed by atoms with E-state index in [4.69, 9.17) is 0 Å². The van der Waals surface area contributed by atoms with E-state index in [1.807, 2.05) is 11.8 Å². The summed E-state index contributed by atoms with van der Waals surface area (Å²) >= 11 is 0. The van der Waals surface area contributed by atoms with E-state index in [1.165, 1.54) is 6.07 Å². The lowest BCUT2D eigenvalue weighted by atomic mass is 10.3. The normalized spacial score (nSPS) is 15.0. The number of likely N-dealkylation sites (tertiary alicyclic amines) is 1. The molecule has 3 N–H and O–H groups in total. The average Bonchev–Trinajstić information content (AvgIpc) is 3.09. The maximum Gasteiger partial charge on any atom is 0.417 e. The van der Waals surface area contributed by atoms with Crippen LogP contribution in [0.3, 0.4) is 0 Å². The molecule has 0 saturated carbocycles. The number of amides is 1. The number of nitrogens with zero attached hydrogens (tertiary/aromatic N) is 3. The molecule has 1 amide bonds. The number of carbonyl (C=O) groups excluding carboxylic acids is 1. The summed E-state index contributed by atoms with van der Waals surface area (Å²) < 4.78 is 37.5. The minimum atomic E-state index is -4.37. The SMILES string of the molecule is CCNC(=NCCCN1CCCC1=O)NCCCNc1ccc(C(F)(F)F)cn1. The van der Waals surface area contributed by atoms with Gasteiger partial charge in [0.15, 0.2) is 5.96 Å². The van der Waals surface area contributed by atoms with E-state index in [1.54, 1.807) is 0 Å². The Labute approximate surface area is 169 Å². The second-order valence-corrected chi connectivity index (χ2v) is 6.74. The first kappa shape index (κ1) is 22.8. The zero-order valence-electron chi connectivity index (χ0n) is 16.7. The Morgan fingerprint density at radius 3 is 2.69 bits per heavy atom. The molecule has 7 nitrogen and oxygen atoms in total. The molecular weight excluding hydrogens is 385 g/mol. The first-order valence-electron chi connectivity index (χ1n) is 9.97. The predicted octanol–water partition coefficient (Wildman–Crippen LogP) is 2.47. The van der Waals surface area contributed by atoms with Gasteiger partial charge < -0.3 is 20.9 Å². The molecule has 0 aliphatic carbocycles. The summed E-state index contributed by atoms with van der Waals surface area (Å²) in [4.78, 5) is 21.7. The quantitative estimate of drug-likeness (QED) is 0.311. The molecule has 10 heteroatoms. The Bertz CT molecular complexity index is 663. The van der Waals surface area contributed by atoms with E-state index in [9.17, 15) is 18.0 Å². The first-order chi connectivity index (χ1) is 13.9. The molecule has 1 aromatic rings. The van der Waals surface area contributed by atoms with Gasteiger partial charge >= 0.3 is 6.18 Å². The van der Waals surface area contributed by atoms with Crippen LogP contribution in [0, 0.1) is 0 Å². The molecule has 0 unspecified atom stereocenters. The van der Waals surface area contributed by atoms with E-state index in [2.05, 4.69) is 25.9 Å². The second-order valence-electron chi connectivity index (χ2n) is 6.74. The third-order valence-corrected chi connectivity index (χ3v) is 4.41. The molecule has 1 aliphatic heterocycles. The van der Waals surface area contributed by atoms with Gasteiger partial charge in [0.05, 0.1) is 5.56 Å². The summed E-state index contributed by atoms with van der Waals surface area (Å²) in [6, 6.07) is 2.34. The van der Waals surface area contributed by atoms with Crippen molar-refractivity contribution in [2.24, 2.45) is 4.99 Å². The minimum absolute atomic E-state index is 0.231. The van der Waals surface area contributed by atoms with Gasteiger partial charge in [-0.2, -0.15) is 13.2 Å². The molecule has 0 radical (unpaired) electrons. The van der Waals surface area contributed by atoms with Gasteiger partial charge in [-0.05, 0) is 38.3 Å². The molecule has 0 spiro atoms. The maximum atomic E-state index is 12.5. The standard InChI is InChI=1S/C19H29F3N6O/c1-2-23-18(26-11-5-13-28-12-3-6-17(28)29)25-10-4-9-24-16-8-7-15(14-27-16)19(20,21)22/h7-8,14H,2-6,9-13H2,1H3,(H,24,27)(H2,23,25,26). The van der Waals surface area contributed by atoms with Gasteiger partial charge in [-0.3, -0.25) is 9.79 Å². The van der Waals surface area contributed by atoms with Crippen LogP contribution in [0.4, 0.5) is 19.0 Å². The second kappa shape index (κ2) is 11.5. The molecule has 2 heterocycles. The first-order valence-corrected chi connectivity index (χ1v) is 9.97. The number of aromatic nitrogens is 1. The summed E-state index contributed by atoms with van der Waals surface area (Å²) in [6.45, 7) is 6.17. The number of rotatable bonds is 10. The van der Waals surface area contributed by atoms with Gasteiger partial charge in [-0.1, -0.05) is 0 Å². The smallest absolute Gasteiger partial charge is 0.370 e. The van der Waals surface area contributed by atoms with Crippen molar-refractivity contribution in [1.29, 1.82) is 0 Å². The lowest BCUT2D eigenvalue weighted by Crippen LogP contribution is -2.38. The van der Waals surface area contributed by atoms with Crippen molar-refractivity contribution in [3.8, 4) is 0 Å². The Balaban J connectivity index is 1.63. The molecule has 162 valence electrons. The summed E-state index contributed by atoms with van der Waals surface area (Å²) in [7, 11) is 0. The number of halogens is 3. The van der Waals surface area contributed by atoms with Crippen molar-refractivity contribution in [3.63, 3.8) is 0 Å². The number of nitrogens with one attached hydrogen (secondary N) is 3. The van der Waals surface area contributed by atoms with Crippen LogP contribution < -0.4 is 16.0 Å². The van der Waals surface area contributed by atoms with E-state index < -0.39 is 11.7 Å². The third-order valence-electron chi connectivity index (χ3n) is 4.41. The van der Waals surface area contributed by atoms with Crippen LogP contribution in [-0.4, -0.2) is 61.0 Å². The zero-order chi connectivity index (χ0) is 21.1. The number of anilines is 1. The van der Waals surface area contributed by atoms with Gasteiger partial charge in [-0.25, -0.2) is 4.98 Å². The number of hydrogen-bond donors (Lipinski definition) is 3. The van der Waals surface area contributed by atoms with Crippen LogP contribution in [0.1, 0.15) is 38.2 Å². The molecule has 0 aromatic carbocycles. The monoisotopic (exact) mass is 414 g/mol. The average molecular weight is 414 g/mol. The lowest BCUT2D eigenvalue weighted by molar-refractivity contribution is -0.137. The topological polar surface area (TPSA) is 81.7 Å². The highest BCUT2D eigenvalue weighted by molar-refractivity contribution is 5.79. The highest BCUT2D eigenvalue weighted by Gasteiger charge is 2.30. The van der Waals surface area contributed by atoms with Crippen LogP contribution in [0.2, 0.25) is 0 Å². The van der Waals surface area contributed by atoms with Crippen LogP contribution in [0.15, 0.2) is 23.3 Å². The van der Waals surface area contributed by atoms with Gasteiger partial charge in [0, 0.05) is 51.9 Å². The summed E-state index contributed by atoms with van der Waals surface area (Å²) in [5.74, 6) is 1.36. The zero-order valence-corrected chi connectivity index (χ0v) is 16.7. The molecule has 2 rings (SSSR count). The molecular formula is C19H29F3N6O. The summed E-state index contributed by atoms with van der Waals surface area (Å²) in [5.41, 5.74) is -0.759. The molecule has 0 atom stereocenters. The number of pyridine rings is 1. The number of aliphatic imine (C=N–C) groups is 1. The van der Waals surface area contributed by atoms with Crippen LogP contribution in [0.25, 0.3) is 0 Å². The van der Waals surface area contributed by atoms with Gasteiger partial charge in [-0.15, -0.1) is 0 Å². The van der Waals surface area contributed by atoms with Crippen molar-refractivity contribution in [2.45, 2.75) is 38.8 Å². The van der Waals surface area contributed by atoms with Gasteiger partial charge in [0.1, 0.15) is 5.82 Å². The van der Waals surface area contributed by atoms with Gasteiger partial charge in [0.2, 0.25) is 5.91 Å². The van der Waals surface area contributed by atoms with Crippen LogP contribution in [0.5, 0.6) is 0 Å². The molecule has 1 saturated heterocycles. The van der Waals surface area contributed by atoms with Crippen molar-refractivity contribution >= 4 is 17.7 Å². The summed E-state index contributed by atoms with van der Waals surface area (Å²) in [5, 5.41) is 9.39. The van der Waals surface area contributed by atoms with E-state index in [0.717, 1.165) is 51.2 Å². The van der Waals surface area contributed by atoms with E-state index in [0.29, 0.717) is 37.8 Å². The molecule has 1 aromatic heterocycles. The van der Waals surface area contributed by atoms with Crippen LogP contribution in [-0.2, 0) is 11.0 Å². The van der Waals surface area contributed by atoms with Crippen molar-refractivity contribution in [3.05, 3.63) is 23.9 Å². The molecule has 29 heavy (non-hydrogen) atoms. The highest BCUT2D eigenvalue weighted by Crippen LogP contribution is 2.28. The fraction of sp³-hybridized carbons (Fsp3) is 0.632. The van der Waals surface area contributed by atoms with Crippen molar-refractivity contribution < 1.29 is 18.0 Å². The number of hydrogen-bond acceptors (Lipinski definition) is 4. The fourth-order valence-corrected chi connectivity index (χ4v) is 2.91. The minimum Gasteiger partial charge on any atom is -0.370 e. The molecule has 1 aliphatic rings. The largest absolute Gasteiger partial charge is 0.417 e. The lowest BCUT2D eigenvalue weighted by Gasteiger charge is -2.15. The fourth-order valence-electron chi connectivity index (χ4n) is 2.91.